The van der Waals surface area contributed by atoms with Gasteiger partial charge in [-0.25, -0.2) is 0 Å². The van der Waals surface area contributed by atoms with Gasteiger partial charge in [0.2, 0.25) is 11.8 Å². The monoisotopic (exact) mass is 473 g/mol. The van der Waals surface area contributed by atoms with Crippen LogP contribution in [0.1, 0.15) is 77.0 Å². The van der Waals surface area contributed by atoms with Crippen molar-refractivity contribution in [2.75, 3.05) is 39.8 Å². The fourth-order valence-electron chi connectivity index (χ4n) is 7.71. The van der Waals surface area contributed by atoms with E-state index in [1.54, 1.807) is 0 Å². The molecule has 4 aliphatic heterocycles. The molecule has 0 radical (unpaired) electrons. The summed E-state index contributed by atoms with van der Waals surface area (Å²) in [5, 5.41) is 10.2. The van der Waals surface area contributed by atoms with Crippen molar-refractivity contribution in [3.63, 3.8) is 0 Å². The minimum Gasteiger partial charge on any atom is -0.355 e. The van der Waals surface area contributed by atoms with Gasteiger partial charge in [-0.2, -0.15) is 0 Å². The van der Waals surface area contributed by atoms with E-state index in [0.29, 0.717) is 23.9 Å². The number of piperidine rings is 2. The molecule has 0 bridgehead atoms. The van der Waals surface area contributed by atoms with Crippen LogP contribution >= 0.6 is 0 Å². The van der Waals surface area contributed by atoms with Crippen molar-refractivity contribution in [3.8, 4) is 0 Å². The molecule has 0 aromatic rings. The van der Waals surface area contributed by atoms with Crippen molar-refractivity contribution in [3.05, 3.63) is 0 Å². The Morgan fingerprint density at radius 3 is 2.59 bits per heavy atom. The lowest BCUT2D eigenvalue weighted by Crippen LogP contribution is -2.48. The van der Waals surface area contributed by atoms with E-state index in [1.165, 1.54) is 38.5 Å². The third-order valence-electron chi connectivity index (χ3n) is 9.84. The van der Waals surface area contributed by atoms with Crippen molar-refractivity contribution < 1.29 is 9.59 Å². The zero-order valence-corrected chi connectivity index (χ0v) is 21.3. The highest BCUT2D eigenvalue weighted by atomic mass is 16.2. The molecule has 6 unspecified atom stereocenters. The molecule has 5 aliphatic rings. The Hall–Kier alpha value is -1.18. The van der Waals surface area contributed by atoms with Crippen LogP contribution in [0.15, 0.2) is 0 Å². The number of hydrogen-bond acceptors (Lipinski definition) is 5. The molecule has 7 heteroatoms. The van der Waals surface area contributed by atoms with Gasteiger partial charge in [-0.15, -0.1) is 0 Å². The normalized spacial score (nSPS) is 36.8. The minimum absolute atomic E-state index is 0.000347. The van der Waals surface area contributed by atoms with Gasteiger partial charge in [0.1, 0.15) is 0 Å². The Labute approximate surface area is 206 Å². The molecular formula is C27H47N5O2. The third kappa shape index (κ3) is 5.46. The van der Waals surface area contributed by atoms with E-state index in [-0.39, 0.29) is 18.0 Å². The molecule has 192 valence electrons. The van der Waals surface area contributed by atoms with E-state index in [1.807, 2.05) is 0 Å². The van der Waals surface area contributed by atoms with Crippen molar-refractivity contribution in [2.24, 2.45) is 17.8 Å². The van der Waals surface area contributed by atoms with Crippen LogP contribution in [0.5, 0.6) is 0 Å². The molecule has 34 heavy (non-hydrogen) atoms. The van der Waals surface area contributed by atoms with E-state index in [0.717, 1.165) is 83.1 Å². The van der Waals surface area contributed by atoms with Gasteiger partial charge in [0.25, 0.3) is 0 Å². The number of hydrogen-bond donors (Lipinski definition) is 3. The van der Waals surface area contributed by atoms with E-state index < -0.39 is 0 Å². The zero-order valence-electron chi connectivity index (χ0n) is 21.3. The van der Waals surface area contributed by atoms with E-state index in [2.05, 4.69) is 32.8 Å². The van der Waals surface area contributed by atoms with Crippen molar-refractivity contribution in [1.82, 2.24) is 25.8 Å². The van der Waals surface area contributed by atoms with Crippen molar-refractivity contribution >= 4 is 11.8 Å². The highest BCUT2D eigenvalue weighted by Crippen LogP contribution is 2.39. The molecule has 7 nitrogen and oxygen atoms in total. The maximum atomic E-state index is 13.3. The molecule has 4 saturated heterocycles. The Morgan fingerprint density at radius 2 is 1.79 bits per heavy atom. The number of fused-ring (bicyclic) bond motifs is 2. The lowest BCUT2D eigenvalue weighted by Gasteiger charge is -2.36. The van der Waals surface area contributed by atoms with Crippen LogP contribution in [0, 0.1) is 17.8 Å². The van der Waals surface area contributed by atoms with Crippen LogP contribution in [0.2, 0.25) is 0 Å². The molecule has 0 spiro atoms. The van der Waals surface area contributed by atoms with Crippen LogP contribution in [0.3, 0.4) is 0 Å². The topological polar surface area (TPSA) is 76.7 Å². The molecule has 1 aliphatic carbocycles. The summed E-state index contributed by atoms with van der Waals surface area (Å²) >= 11 is 0. The maximum absolute atomic E-state index is 13.3. The number of nitrogens with zero attached hydrogens (tertiary/aromatic N) is 2. The molecule has 5 rings (SSSR count). The summed E-state index contributed by atoms with van der Waals surface area (Å²) in [6.07, 6.45) is 14.2. The molecule has 1 saturated carbocycles. The average molecular weight is 474 g/mol. The van der Waals surface area contributed by atoms with Gasteiger partial charge in [0.15, 0.2) is 0 Å². The maximum Gasteiger partial charge on any atom is 0.239 e. The predicted molar refractivity (Wildman–Crippen MR) is 134 cm³/mol. The summed E-state index contributed by atoms with van der Waals surface area (Å²) in [5.41, 5.74) is 0. The molecule has 3 N–H and O–H groups in total. The fourth-order valence-corrected chi connectivity index (χ4v) is 7.71. The largest absolute Gasteiger partial charge is 0.355 e. The number of carbonyl (C=O) groups is 2. The quantitative estimate of drug-likeness (QED) is 0.494. The van der Waals surface area contributed by atoms with Crippen LogP contribution < -0.4 is 16.0 Å². The third-order valence-corrected chi connectivity index (χ3v) is 9.84. The molecule has 6 atom stereocenters. The fraction of sp³-hybridized carbons (Fsp3) is 0.926. The molecule has 5 fully saturated rings. The second-order valence-electron chi connectivity index (χ2n) is 11.9. The highest BCUT2D eigenvalue weighted by molar-refractivity contribution is 5.82. The van der Waals surface area contributed by atoms with Gasteiger partial charge in [-0.1, -0.05) is 25.7 Å². The molecule has 2 amide bonds. The van der Waals surface area contributed by atoms with Gasteiger partial charge in [-0.05, 0) is 89.3 Å². The zero-order chi connectivity index (χ0) is 23.5. The number of rotatable bonds is 7. The summed E-state index contributed by atoms with van der Waals surface area (Å²) < 4.78 is 0. The SMILES string of the molecule is CN1C(C(=O)N2CCC(CCCCNC(=O)C3CC4CNCCC4N3)CC2)CC2CCCCC21. The van der Waals surface area contributed by atoms with Crippen LogP contribution in [-0.4, -0.2) is 85.6 Å². The Bertz CT molecular complexity index is 695. The summed E-state index contributed by atoms with van der Waals surface area (Å²) in [4.78, 5) is 30.4. The van der Waals surface area contributed by atoms with E-state index in [9.17, 15) is 9.59 Å². The second-order valence-corrected chi connectivity index (χ2v) is 11.9. The van der Waals surface area contributed by atoms with Crippen molar-refractivity contribution in [2.45, 2.75) is 101 Å². The number of unbranched alkanes of at least 4 members (excludes halogenated alkanes) is 1. The lowest BCUT2D eigenvalue weighted by molar-refractivity contribution is -0.137. The molecule has 0 aromatic carbocycles. The van der Waals surface area contributed by atoms with Crippen molar-refractivity contribution in [1.29, 1.82) is 0 Å². The molecule has 0 aromatic heterocycles. The van der Waals surface area contributed by atoms with Crippen LogP contribution in [-0.2, 0) is 9.59 Å². The Morgan fingerprint density at radius 1 is 0.971 bits per heavy atom. The minimum atomic E-state index is -0.000347. The highest BCUT2D eigenvalue weighted by Gasteiger charge is 2.44. The number of likely N-dealkylation sites (N-methyl/N-ethyl adjacent to an activating group) is 1. The molecular weight excluding hydrogens is 426 g/mol. The first kappa shape index (κ1) is 24.5. The number of nitrogens with one attached hydrogen (secondary N) is 3. The summed E-state index contributed by atoms with van der Waals surface area (Å²) in [6, 6.07) is 1.29. The number of likely N-dealkylation sites (tertiary alicyclic amines) is 2. The van der Waals surface area contributed by atoms with Gasteiger partial charge >= 0.3 is 0 Å². The standard InChI is InChI=1S/C27H47N5O2/c1-31-24-8-3-2-7-20(24)17-25(31)27(34)32-14-10-19(11-15-32)6-4-5-12-29-26(33)23-16-21-18-28-13-9-22(21)30-23/h19-25,28,30H,2-18H2,1H3,(H,29,33). The van der Waals surface area contributed by atoms with Gasteiger partial charge in [0.05, 0.1) is 12.1 Å². The number of carbonyl (C=O) groups excluding carboxylic acids is 2. The first-order valence-electron chi connectivity index (χ1n) is 14.4. The van der Waals surface area contributed by atoms with Gasteiger partial charge < -0.3 is 20.9 Å². The first-order chi connectivity index (χ1) is 16.6. The van der Waals surface area contributed by atoms with Crippen LogP contribution in [0.25, 0.3) is 0 Å². The number of amides is 2. The van der Waals surface area contributed by atoms with Gasteiger partial charge in [0, 0.05) is 31.7 Å². The summed E-state index contributed by atoms with van der Waals surface area (Å²) in [5.74, 6) is 2.68. The van der Waals surface area contributed by atoms with E-state index in [4.69, 9.17) is 0 Å². The lowest BCUT2D eigenvalue weighted by atomic mass is 9.84. The average Bonchev–Trinajstić information content (AvgIpc) is 3.45. The smallest absolute Gasteiger partial charge is 0.239 e. The summed E-state index contributed by atoms with van der Waals surface area (Å²) in [6.45, 7) is 4.77. The summed E-state index contributed by atoms with van der Waals surface area (Å²) in [7, 11) is 2.19. The first-order valence-corrected chi connectivity index (χ1v) is 14.4. The predicted octanol–water partition coefficient (Wildman–Crippen LogP) is 2.11. The Kier molecular flexibility index (Phi) is 8.11. The molecule has 4 heterocycles. The van der Waals surface area contributed by atoms with Gasteiger partial charge in [-0.3, -0.25) is 14.5 Å². The van der Waals surface area contributed by atoms with Crippen LogP contribution in [0.4, 0.5) is 0 Å². The Balaban J connectivity index is 0.949. The second kappa shape index (κ2) is 11.3. The van der Waals surface area contributed by atoms with E-state index >= 15 is 0 Å².